The fourth-order valence-electron chi connectivity index (χ4n) is 3.17. The van der Waals surface area contributed by atoms with E-state index in [1.807, 2.05) is 12.1 Å². The molecular weight excluding hydrogens is 346 g/mol. The Morgan fingerprint density at radius 2 is 1.54 bits per heavy atom. The average Bonchev–Trinajstić information content (AvgIpc) is 2.71. The highest BCUT2D eigenvalue weighted by atomic mass is 16.3. The fourth-order valence-corrected chi connectivity index (χ4v) is 3.17. The second-order valence-corrected chi connectivity index (χ2v) is 7.39. The number of aliphatic hydroxyl groups is 1. The Kier molecular flexibility index (Phi) is 6.66. The molecule has 146 valence electrons. The maximum atomic E-state index is 9.87. The van der Waals surface area contributed by atoms with Crippen molar-refractivity contribution in [3.63, 3.8) is 0 Å². The average molecular weight is 376 g/mol. The molecule has 0 saturated carbocycles. The lowest BCUT2D eigenvalue weighted by atomic mass is 10.0. The van der Waals surface area contributed by atoms with Crippen molar-refractivity contribution in [3.8, 4) is 0 Å². The lowest BCUT2D eigenvalue weighted by Crippen LogP contribution is -2.27. The molecule has 1 aromatic heterocycles. The lowest BCUT2D eigenvalue weighted by molar-refractivity contribution is 0.273. The van der Waals surface area contributed by atoms with Crippen molar-refractivity contribution in [3.05, 3.63) is 89.1 Å². The van der Waals surface area contributed by atoms with Crippen molar-refractivity contribution < 1.29 is 5.11 Å². The van der Waals surface area contributed by atoms with E-state index in [0.717, 1.165) is 17.9 Å². The summed E-state index contributed by atoms with van der Waals surface area (Å²) in [5.41, 5.74) is 5.83. The van der Waals surface area contributed by atoms with Gasteiger partial charge in [0, 0.05) is 12.2 Å². The molecule has 0 radical (unpaired) electrons. The maximum absolute atomic E-state index is 9.87. The van der Waals surface area contributed by atoms with Crippen LogP contribution in [0.2, 0.25) is 0 Å². The molecule has 3 rings (SSSR count). The number of nitrogens with one attached hydrogen (secondary N) is 2. The van der Waals surface area contributed by atoms with E-state index in [1.54, 1.807) is 6.20 Å². The molecule has 0 aliphatic carbocycles. The minimum atomic E-state index is -0.104. The smallest absolute Gasteiger partial charge is 0.149 e. The molecule has 4 heteroatoms. The van der Waals surface area contributed by atoms with Gasteiger partial charge >= 0.3 is 0 Å². The highest BCUT2D eigenvalue weighted by Gasteiger charge is 2.14. The molecular formula is C24H29N3O. The second kappa shape index (κ2) is 9.38. The van der Waals surface area contributed by atoms with Gasteiger partial charge in [0.15, 0.2) is 0 Å². The van der Waals surface area contributed by atoms with Crippen LogP contribution in [0.5, 0.6) is 0 Å². The SMILES string of the molecule is Cc1ccc(C[C@@H](CO)Nc2ncccc2NC(C)c2ccc(C)cc2)cc1. The van der Waals surface area contributed by atoms with Crippen LogP contribution >= 0.6 is 0 Å². The van der Waals surface area contributed by atoms with E-state index in [9.17, 15) is 5.11 Å². The number of benzene rings is 2. The van der Waals surface area contributed by atoms with Crippen molar-refractivity contribution >= 4 is 11.5 Å². The summed E-state index contributed by atoms with van der Waals surface area (Å²) < 4.78 is 0. The van der Waals surface area contributed by atoms with Gasteiger partial charge in [-0.2, -0.15) is 0 Å². The van der Waals surface area contributed by atoms with Crippen LogP contribution in [-0.4, -0.2) is 22.7 Å². The normalized spacial score (nSPS) is 13.0. The van der Waals surface area contributed by atoms with Gasteiger partial charge in [-0.25, -0.2) is 4.98 Å². The highest BCUT2D eigenvalue weighted by Crippen LogP contribution is 2.25. The number of hydrogen-bond acceptors (Lipinski definition) is 4. The number of aryl methyl sites for hydroxylation is 2. The molecule has 0 aliphatic heterocycles. The van der Waals surface area contributed by atoms with Gasteiger partial charge in [0.1, 0.15) is 5.82 Å². The summed E-state index contributed by atoms with van der Waals surface area (Å²) in [6, 6.07) is 20.9. The van der Waals surface area contributed by atoms with Crippen LogP contribution in [0.4, 0.5) is 11.5 Å². The molecule has 1 unspecified atom stereocenters. The van der Waals surface area contributed by atoms with Crippen LogP contribution in [0.15, 0.2) is 66.9 Å². The number of hydrogen-bond donors (Lipinski definition) is 3. The molecule has 0 aliphatic rings. The summed E-state index contributed by atoms with van der Waals surface area (Å²) in [6.45, 7) is 6.34. The first-order valence-corrected chi connectivity index (χ1v) is 9.76. The minimum absolute atomic E-state index is 0.0391. The zero-order valence-corrected chi connectivity index (χ0v) is 16.8. The van der Waals surface area contributed by atoms with Crippen molar-refractivity contribution in [1.29, 1.82) is 0 Å². The Morgan fingerprint density at radius 3 is 2.18 bits per heavy atom. The minimum Gasteiger partial charge on any atom is -0.394 e. The highest BCUT2D eigenvalue weighted by molar-refractivity contribution is 5.65. The van der Waals surface area contributed by atoms with E-state index in [-0.39, 0.29) is 18.7 Å². The molecule has 3 N–H and O–H groups in total. The molecule has 4 nitrogen and oxygen atoms in total. The zero-order chi connectivity index (χ0) is 19.9. The topological polar surface area (TPSA) is 57.2 Å². The first kappa shape index (κ1) is 19.9. The molecule has 0 fully saturated rings. The first-order valence-electron chi connectivity index (χ1n) is 9.76. The molecule has 2 aromatic carbocycles. The largest absolute Gasteiger partial charge is 0.394 e. The standard InChI is InChI=1S/C24H29N3O/c1-17-6-10-20(11-7-17)15-22(16-28)27-24-23(5-4-14-25-24)26-19(3)21-12-8-18(2)9-13-21/h4-14,19,22,26,28H,15-16H2,1-3H3,(H,25,27)/t19?,22-/m0/s1. The van der Waals surface area contributed by atoms with Gasteiger partial charge in [-0.15, -0.1) is 0 Å². The van der Waals surface area contributed by atoms with E-state index >= 15 is 0 Å². The summed E-state index contributed by atoms with van der Waals surface area (Å²) >= 11 is 0. The van der Waals surface area contributed by atoms with Gasteiger partial charge < -0.3 is 15.7 Å². The van der Waals surface area contributed by atoms with Gasteiger partial charge in [-0.1, -0.05) is 59.7 Å². The van der Waals surface area contributed by atoms with E-state index in [0.29, 0.717) is 0 Å². The third-order valence-corrected chi connectivity index (χ3v) is 4.92. The molecule has 0 bridgehead atoms. The monoisotopic (exact) mass is 375 g/mol. The quantitative estimate of drug-likeness (QED) is 0.525. The molecule has 28 heavy (non-hydrogen) atoms. The fraction of sp³-hybridized carbons (Fsp3) is 0.292. The van der Waals surface area contributed by atoms with Gasteiger partial charge in [0.25, 0.3) is 0 Å². The van der Waals surface area contributed by atoms with Gasteiger partial charge in [0.05, 0.1) is 18.3 Å². The van der Waals surface area contributed by atoms with Gasteiger partial charge in [-0.3, -0.25) is 0 Å². The number of aromatic nitrogens is 1. The Balaban J connectivity index is 1.71. The van der Waals surface area contributed by atoms with E-state index in [1.165, 1.54) is 22.3 Å². The van der Waals surface area contributed by atoms with Crippen LogP contribution in [0.3, 0.4) is 0 Å². The van der Waals surface area contributed by atoms with E-state index in [2.05, 4.69) is 84.9 Å². The number of nitrogens with zero attached hydrogens (tertiary/aromatic N) is 1. The maximum Gasteiger partial charge on any atom is 0.149 e. The predicted molar refractivity (Wildman–Crippen MR) is 117 cm³/mol. The molecule has 0 amide bonds. The Labute approximate surface area is 167 Å². The number of rotatable bonds is 8. The van der Waals surface area contributed by atoms with Crippen molar-refractivity contribution in [2.45, 2.75) is 39.3 Å². The van der Waals surface area contributed by atoms with Crippen LogP contribution in [0.25, 0.3) is 0 Å². The summed E-state index contributed by atoms with van der Waals surface area (Å²) in [4.78, 5) is 4.50. The molecule has 2 atom stereocenters. The summed E-state index contributed by atoms with van der Waals surface area (Å²) in [5.74, 6) is 0.757. The van der Waals surface area contributed by atoms with E-state index < -0.39 is 0 Å². The Bertz CT molecular complexity index is 875. The van der Waals surface area contributed by atoms with Crippen molar-refractivity contribution in [2.24, 2.45) is 0 Å². The molecule has 0 saturated heterocycles. The first-order chi connectivity index (χ1) is 13.5. The predicted octanol–water partition coefficient (Wildman–Crippen LogP) is 4.89. The van der Waals surface area contributed by atoms with Crippen LogP contribution in [0.1, 0.15) is 35.2 Å². The van der Waals surface area contributed by atoms with Crippen LogP contribution in [-0.2, 0) is 6.42 Å². The number of aliphatic hydroxyl groups excluding tert-OH is 1. The lowest BCUT2D eigenvalue weighted by Gasteiger charge is -2.22. The molecule has 1 heterocycles. The Morgan fingerprint density at radius 1 is 0.893 bits per heavy atom. The second-order valence-electron chi connectivity index (χ2n) is 7.39. The van der Waals surface area contributed by atoms with Gasteiger partial charge in [0.2, 0.25) is 0 Å². The number of anilines is 2. The third-order valence-electron chi connectivity index (χ3n) is 4.92. The summed E-state index contributed by atoms with van der Waals surface area (Å²) in [5, 5.41) is 16.8. The summed E-state index contributed by atoms with van der Waals surface area (Å²) in [6.07, 6.45) is 2.50. The van der Waals surface area contributed by atoms with Crippen LogP contribution < -0.4 is 10.6 Å². The van der Waals surface area contributed by atoms with Gasteiger partial charge in [-0.05, 0) is 50.5 Å². The summed E-state index contributed by atoms with van der Waals surface area (Å²) in [7, 11) is 0. The van der Waals surface area contributed by atoms with Crippen molar-refractivity contribution in [2.75, 3.05) is 17.2 Å². The molecule has 3 aromatic rings. The van der Waals surface area contributed by atoms with E-state index in [4.69, 9.17) is 0 Å². The third kappa shape index (κ3) is 5.33. The molecule has 0 spiro atoms. The Hall–Kier alpha value is -2.85. The zero-order valence-electron chi connectivity index (χ0n) is 16.8. The number of pyridine rings is 1. The van der Waals surface area contributed by atoms with Crippen LogP contribution in [0, 0.1) is 13.8 Å². The van der Waals surface area contributed by atoms with Crippen molar-refractivity contribution in [1.82, 2.24) is 4.98 Å².